The van der Waals surface area contributed by atoms with Gasteiger partial charge in [0.1, 0.15) is 5.75 Å². The largest absolute Gasteiger partial charge is 0.490 e. The first kappa shape index (κ1) is 26.7. The molecule has 0 heterocycles. The van der Waals surface area contributed by atoms with Crippen LogP contribution in [-0.4, -0.2) is 25.5 Å². The van der Waals surface area contributed by atoms with Crippen LogP contribution < -0.4 is 20.1 Å². The van der Waals surface area contributed by atoms with Gasteiger partial charge < -0.3 is 10.1 Å². The van der Waals surface area contributed by atoms with Gasteiger partial charge in [-0.1, -0.05) is 6.07 Å². The molecular formula is C25H26BrN3O4S2. The molecule has 0 aliphatic carbocycles. The average Bonchev–Trinajstić information content (AvgIpc) is 2.77. The fraction of sp³-hybridized carbons (Fsp3) is 0.200. The van der Waals surface area contributed by atoms with E-state index in [-0.39, 0.29) is 16.1 Å². The number of carbonyl (C=O) groups is 1. The summed E-state index contributed by atoms with van der Waals surface area (Å²) < 4.78 is 34.3. The molecule has 35 heavy (non-hydrogen) atoms. The number of ether oxygens (including phenoxy) is 1. The van der Waals surface area contributed by atoms with Gasteiger partial charge in [-0.3, -0.25) is 14.8 Å². The van der Waals surface area contributed by atoms with Gasteiger partial charge in [-0.15, -0.1) is 0 Å². The summed E-state index contributed by atoms with van der Waals surface area (Å²) in [4.78, 5) is 12.6. The van der Waals surface area contributed by atoms with E-state index in [1.54, 1.807) is 42.5 Å². The van der Waals surface area contributed by atoms with E-state index in [0.717, 1.165) is 11.1 Å². The smallest absolute Gasteiger partial charge is 0.261 e. The molecule has 0 saturated heterocycles. The average molecular weight is 577 g/mol. The number of thiocarbonyl (C=S) groups is 1. The van der Waals surface area contributed by atoms with Crippen molar-refractivity contribution in [2.45, 2.75) is 38.7 Å². The van der Waals surface area contributed by atoms with Crippen molar-refractivity contribution in [1.29, 1.82) is 0 Å². The Kier molecular flexibility index (Phi) is 8.52. The zero-order valence-electron chi connectivity index (χ0n) is 19.7. The van der Waals surface area contributed by atoms with E-state index in [1.807, 2.05) is 33.8 Å². The predicted octanol–water partition coefficient (Wildman–Crippen LogP) is 5.78. The van der Waals surface area contributed by atoms with Crippen LogP contribution in [0.5, 0.6) is 5.75 Å². The molecule has 3 aromatic carbocycles. The van der Waals surface area contributed by atoms with Crippen LogP contribution in [0.2, 0.25) is 0 Å². The number of sulfonamides is 1. The lowest BCUT2D eigenvalue weighted by molar-refractivity contribution is 0.0977. The Morgan fingerprint density at radius 2 is 1.60 bits per heavy atom. The van der Waals surface area contributed by atoms with E-state index in [4.69, 9.17) is 17.0 Å². The van der Waals surface area contributed by atoms with Crippen LogP contribution in [0.15, 0.2) is 70.0 Å². The molecule has 0 fully saturated rings. The van der Waals surface area contributed by atoms with Crippen LogP contribution in [0.3, 0.4) is 0 Å². The summed E-state index contributed by atoms with van der Waals surface area (Å²) in [6, 6.07) is 16.4. The van der Waals surface area contributed by atoms with Gasteiger partial charge in [0, 0.05) is 16.9 Å². The molecule has 1 amide bonds. The van der Waals surface area contributed by atoms with Gasteiger partial charge in [0.05, 0.1) is 15.5 Å². The molecule has 0 aliphatic heterocycles. The standard InChI is InChI=1S/C25H26BrN3O4S2/c1-15(2)33-23-12-6-18(14-22(23)26)24(30)28-25(34)27-19-8-10-21(11-9-19)35(31,32)29-20-7-5-16(3)17(4)13-20/h5-15,29H,1-4H3,(H2,27,28,30,34). The van der Waals surface area contributed by atoms with Crippen molar-refractivity contribution in [3.63, 3.8) is 0 Å². The second kappa shape index (κ2) is 11.2. The number of carbonyl (C=O) groups excluding carboxylic acids is 1. The number of nitrogens with one attached hydrogen (secondary N) is 3. The molecule has 7 nitrogen and oxygen atoms in total. The highest BCUT2D eigenvalue weighted by Crippen LogP contribution is 2.27. The highest BCUT2D eigenvalue weighted by molar-refractivity contribution is 9.10. The van der Waals surface area contributed by atoms with E-state index < -0.39 is 15.9 Å². The molecule has 0 bridgehead atoms. The van der Waals surface area contributed by atoms with Gasteiger partial charge >= 0.3 is 0 Å². The number of amides is 1. The summed E-state index contributed by atoms with van der Waals surface area (Å²) in [6.07, 6.45) is 0.00622. The van der Waals surface area contributed by atoms with Crippen molar-refractivity contribution in [1.82, 2.24) is 5.32 Å². The molecule has 184 valence electrons. The summed E-state index contributed by atoms with van der Waals surface area (Å²) in [5.41, 5.74) is 3.50. The maximum absolute atomic E-state index is 12.7. The van der Waals surface area contributed by atoms with Gasteiger partial charge in [-0.05, 0) is 122 Å². The van der Waals surface area contributed by atoms with Crippen LogP contribution in [-0.2, 0) is 10.0 Å². The number of rotatable bonds is 7. The molecule has 0 radical (unpaired) electrons. The minimum absolute atomic E-state index is 0.00622. The van der Waals surface area contributed by atoms with Gasteiger partial charge in [0.15, 0.2) is 5.11 Å². The lowest BCUT2D eigenvalue weighted by Crippen LogP contribution is -2.34. The van der Waals surface area contributed by atoms with Gasteiger partial charge in [-0.2, -0.15) is 0 Å². The molecule has 3 rings (SSSR count). The van der Waals surface area contributed by atoms with Crippen molar-refractivity contribution in [2.24, 2.45) is 0 Å². The first-order valence-corrected chi connectivity index (χ1v) is 13.4. The Hall–Kier alpha value is -2.95. The molecule has 3 N–H and O–H groups in total. The first-order valence-electron chi connectivity index (χ1n) is 10.7. The van der Waals surface area contributed by atoms with Gasteiger partial charge in [0.2, 0.25) is 0 Å². The van der Waals surface area contributed by atoms with Crippen LogP contribution in [0.4, 0.5) is 11.4 Å². The van der Waals surface area contributed by atoms with Gasteiger partial charge in [0.25, 0.3) is 15.9 Å². The maximum Gasteiger partial charge on any atom is 0.261 e. The van der Waals surface area contributed by atoms with E-state index in [0.29, 0.717) is 27.2 Å². The third kappa shape index (κ3) is 7.27. The van der Waals surface area contributed by atoms with Crippen LogP contribution in [0, 0.1) is 13.8 Å². The lowest BCUT2D eigenvalue weighted by atomic mass is 10.1. The molecule has 0 unspecified atom stereocenters. The fourth-order valence-corrected chi connectivity index (χ4v) is 4.80. The zero-order chi connectivity index (χ0) is 25.8. The normalized spacial score (nSPS) is 11.1. The molecular weight excluding hydrogens is 550 g/mol. The van der Waals surface area contributed by atoms with Crippen molar-refractivity contribution < 1.29 is 17.9 Å². The SMILES string of the molecule is Cc1ccc(NS(=O)(=O)c2ccc(NC(=S)NC(=O)c3ccc(OC(C)C)c(Br)c3)cc2)cc1C. The van der Waals surface area contributed by atoms with Crippen molar-refractivity contribution in [3.8, 4) is 5.75 Å². The van der Waals surface area contributed by atoms with E-state index in [2.05, 4.69) is 31.3 Å². The molecule has 0 saturated carbocycles. The summed E-state index contributed by atoms with van der Waals surface area (Å²) in [6.45, 7) is 7.72. The Morgan fingerprint density at radius 1 is 0.943 bits per heavy atom. The second-order valence-corrected chi connectivity index (χ2v) is 11.1. The minimum atomic E-state index is -3.75. The number of hydrogen-bond acceptors (Lipinski definition) is 5. The van der Waals surface area contributed by atoms with Crippen molar-refractivity contribution in [2.75, 3.05) is 10.0 Å². The van der Waals surface area contributed by atoms with Crippen LogP contribution in [0.1, 0.15) is 35.3 Å². The monoisotopic (exact) mass is 575 g/mol. The minimum Gasteiger partial charge on any atom is -0.490 e. The maximum atomic E-state index is 12.7. The number of halogens is 1. The zero-order valence-corrected chi connectivity index (χ0v) is 22.9. The van der Waals surface area contributed by atoms with Crippen molar-refractivity contribution in [3.05, 3.63) is 81.8 Å². The van der Waals surface area contributed by atoms with Gasteiger partial charge in [-0.25, -0.2) is 8.42 Å². The summed E-state index contributed by atoms with van der Waals surface area (Å²) in [5.74, 6) is 0.246. The Bertz CT molecular complexity index is 1360. The molecule has 0 aliphatic rings. The number of aryl methyl sites for hydroxylation is 2. The Morgan fingerprint density at radius 3 is 2.20 bits per heavy atom. The Labute approximate surface area is 219 Å². The third-order valence-corrected chi connectivity index (χ3v) is 7.19. The number of hydrogen-bond donors (Lipinski definition) is 3. The first-order chi connectivity index (χ1) is 16.4. The molecule has 0 spiro atoms. The second-order valence-electron chi connectivity index (χ2n) is 8.15. The van der Waals surface area contributed by atoms with E-state index >= 15 is 0 Å². The van der Waals surface area contributed by atoms with Crippen molar-refractivity contribution >= 4 is 60.6 Å². The fourth-order valence-electron chi connectivity index (χ4n) is 3.07. The third-order valence-electron chi connectivity index (χ3n) is 4.97. The number of benzene rings is 3. The predicted molar refractivity (Wildman–Crippen MR) is 147 cm³/mol. The Balaban J connectivity index is 1.61. The lowest BCUT2D eigenvalue weighted by Gasteiger charge is -2.13. The molecule has 0 aromatic heterocycles. The molecule has 10 heteroatoms. The summed E-state index contributed by atoms with van der Waals surface area (Å²) >= 11 is 8.64. The summed E-state index contributed by atoms with van der Waals surface area (Å²) in [7, 11) is -3.75. The van der Waals surface area contributed by atoms with E-state index in [9.17, 15) is 13.2 Å². The summed E-state index contributed by atoms with van der Waals surface area (Å²) in [5, 5.41) is 5.57. The van der Waals surface area contributed by atoms with E-state index in [1.165, 1.54) is 12.1 Å². The highest BCUT2D eigenvalue weighted by atomic mass is 79.9. The number of anilines is 2. The molecule has 3 aromatic rings. The quantitative estimate of drug-likeness (QED) is 0.309. The highest BCUT2D eigenvalue weighted by Gasteiger charge is 2.15. The van der Waals surface area contributed by atoms with Crippen LogP contribution >= 0.6 is 28.1 Å². The van der Waals surface area contributed by atoms with Crippen LogP contribution in [0.25, 0.3) is 0 Å². The topological polar surface area (TPSA) is 96.5 Å². The molecule has 0 atom stereocenters.